The van der Waals surface area contributed by atoms with E-state index in [1.165, 1.54) is 23.3 Å². The number of amides is 3. The van der Waals surface area contributed by atoms with Crippen molar-refractivity contribution >= 4 is 34.2 Å². The molecule has 0 unspecified atom stereocenters. The van der Waals surface area contributed by atoms with Gasteiger partial charge in [-0.15, -0.1) is 0 Å². The smallest absolute Gasteiger partial charge is 0.293 e. The van der Waals surface area contributed by atoms with Gasteiger partial charge in [0.1, 0.15) is 6.54 Å². The summed E-state index contributed by atoms with van der Waals surface area (Å²) in [7, 11) is 1.45. The van der Waals surface area contributed by atoms with Crippen molar-refractivity contribution < 1.29 is 14.4 Å². The van der Waals surface area contributed by atoms with E-state index in [0.717, 1.165) is 17.0 Å². The van der Waals surface area contributed by atoms with E-state index in [9.17, 15) is 14.4 Å². The predicted octanol–water partition coefficient (Wildman–Crippen LogP) is 1.70. The lowest BCUT2D eigenvalue weighted by molar-refractivity contribution is -0.123. The zero-order valence-electron chi connectivity index (χ0n) is 11.6. The monoisotopic (exact) mass is 293 g/mol. The Morgan fingerprint density at radius 3 is 2.50 bits per heavy atom. The van der Waals surface area contributed by atoms with Crippen LogP contribution in [0, 0.1) is 5.41 Å². The van der Waals surface area contributed by atoms with E-state index in [1.807, 2.05) is 13.8 Å². The van der Waals surface area contributed by atoms with Crippen molar-refractivity contribution in [1.29, 1.82) is 0 Å². The highest BCUT2D eigenvalue weighted by Gasteiger charge is 2.39. The maximum atomic E-state index is 12.1. The molecule has 0 N–H and O–H groups in total. The largest absolute Gasteiger partial charge is 0.333 e. The summed E-state index contributed by atoms with van der Waals surface area (Å²) in [5.41, 5.74) is 0.651. The number of imide groups is 1. The van der Waals surface area contributed by atoms with E-state index in [4.69, 9.17) is 0 Å². The summed E-state index contributed by atoms with van der Waals surface area (Å²) in [6, 6.07) is -0.382. The van der Waals surface area contributed by atoms with Gasteiger partial charge in [0.05, 0.1) is 10.6 Å². The minimum atomic E-state index is -0.382. The Balaban J connectivity index is 1.97. The van der Waals surface area contributed by atoms with E-state index in [1.54, 1.807) is 0 Å². The molecule has 0 radical (unpaired) electrons. The first kappa shape index (κ1) is 13.2. The Labute approximate surface area is 120 Å². The molecule has 0 spiro atoms. The summed E-state index contributed by atoms with van der Waals surface area (Å²) in [4.78, 5) is 43.1. The second-order valence-corrected chi connectivity index (χ2v) is 7.01. The summed E-state index contributed by atoms with van der Waals surface area (Å²) >= 11 is 1.21. The minimum absolute atomic E-state index is 0.000685. The highest BCUT2D eigenvalue weighted by Crippen LogP contribution is 2.39. The third kappa shape index (κ3) is 1.93. The molecule has 1 aromatic heterocycles. The van der Waals surface area contributed by atoms with Crippen molar-refractivity contribution in [3.63, 3.8) is 0 Å². The number of ketones is 1. The summed E-state index contributed by atoms with van der Waals surface area (Å²) in [5, 5.41) is 0.448. The number of thiazole rings is 1. The number of hydrogen-bond donors (Lipinski definition) is 0. The molecule has 1 aromatic rings. The number of hydrogen-bond acceptors (Lipinski definition) is 5. The molecule has 2 aliphatic rings. The highest BCUT2D eigenvalue weighted by molar-refractivity contribution is 7.17. The van der Waals surface area contributed by atoms with Crippen LogP contribution in [-0.4, -0.2) is 41.2 Å². The van der Waals surface area contributed by atoms with Crippen molar-refractivity contribution in [3.05, 3.63) is 10.6 Å². The van der Waals surface area contributed by atoms with Crippen LogP contribution in [0.25, 0.3) is 0 Å². The number of Topliss-reactive ketones (excluding diaryl/α,β-unsaturated/α-hetero) is 1. The van der Waals surface area contributed by atoms with Crippen LogP contribution >= 0.6 is 11.3 Å². The third-order valence-electron chi connectivity index (χ3n) is 3.64. The van der Waals surface area contributed by atoms with Gasteiger partial charge in [-0.3, -0.25) is 19.4 Å². The molecular weight excluding hydrogens is 278 g/mol. The molecule has 3 rings (SSSR count). The topological polar surface area (TPSA) is 70.6 Å². The van der Waals surface area contributed by atoms with Crippen LogP contribution in [0.1, 0.15) is 35.6 Å². The van der Waals surface area contributed by atoms with Gasteiger partial charge in [0.2, 0.25) is 0 Å². The number of fused-ring (bicyclic) bond motifs is 1. The molecule has 7 heteroatoms. The molecule has 1 saturated heterocycles. The maximum Gasteiger partial charge on any atom is 0.333 e. The Morgan fingerprint density at radius 1 is 1.20 bits per heavy atom. The van der Waals surface area contributed by atoms with Gasteiger partial charge in [-0.05, 0) is 11.8 Å². The number of carbonyl (C=O) groups is 3. The van der Waals surface area contributed by atoms with Gasteiger partial charge in [0.15, 0.2) is 10.9 Å². The first-order valence-corrected chi connectivity index (χ1v) is 7.21. The fraction of sp³-hybridized carbons (Fsp3) is 0.538. The van der Waals surface area contributed by atoms with E-state index >= 15 is 0 Å². The highest BCUT2D eigenvalue weighted by atomic mass is 32.1. The number of nitrogens with zero attached hydrogens (tertiary/aromatic N) is 3. The molecule has 20 heavy (non-hydrogen) atoms. The van der Waals surface area contributed by atoms with Gasteiger partial charge in [-0.25, -0.2) is 9.78 Å². The van der Waals surface area contributed by atoms with Crippen LogP contribution in [0.5, 0.6) is 0 Å². The number of likely N-dealkylation sites (N-methyl/N-ethyl adjacent to an activating group) is 1. The van der Waals surface area contributed by atoms with Crippen LogP contribution in [0.15, 0.2) is 0 Å². The second kappa shape index (κ2) is 4.12. The van der Waals surface area contributed by atoms with Crippen LogP contribution < -0.4 is 4.90 Å². The molecule has 0 atom stereocenters. The zero-order valence-corrected chi connectivity index (χ0v) is 12.4. The lowest BCUT2D eigenvalue weighted by Gasteiger charge is -2.26. The maximum absolute atomic E-state index is 12.1. The Hall–Kier alpha value is -1.76. The van der Waals surface area contributed by atoms with E-state index in [-0.39, 0.29) is 29.7 Å². The van der Waals surface area contributed by atoms with Gasteiger partial charge >= 0.3 is 6.03 Å². The zero-order chi connectivity index (χ0) is 14.7. The fourth-order valence-electron chi connectivity index (χ4n) is 2.57. The van der Waals surface area contributed by atoms with Crippen LogP contribution in [0.3, 0.4) is 0 Å². The van der Waals surface area contributed by atoms with Crippen molar-refractivity contribution in [2.45, 2.75) is 26.7 Å². The van der Waals surface area contributed by atoms with Crippen LogP contribution in [-0.2, 0) is 11.2 Å². The van der Waals surface area contributed by atoms with E-state index < -0.39 is 0 Å². The molecule has 0 aromatic carbocycles. The average Bonchev–Trinajstić information content (AvgIpc) is 2.85. The van der Waals surface area contributed by atoms with E-state index in [0.29, 0.717) is 16.4 Å². The Kier molecular flexibility index (Phi) is 2.72. The normalized spacial score (nSPS) is 21.6. The van der Waals surface area contributed by atoms with Gasteiger partial charge in [0.25, 0.3) is 5.91 Å². The molecule has 1 aliphatic heterocycles. The summed E-state index contributed by atoms with van der Waals surface area (Å²) in [6.45, 7) is 4.07. The number of aromatic nitrogens is 1. The standard InChI is InChI=1S/C13H15N3O3S/c1-13(2)4-7-10(8(17)5-13)20-11(14-7)16-6-9(18)15(3)12(16)19/h4-6H2,1-3H3. The minimum Gasteiger partial charge on any atom is -0.293 e. The first-order valence-electron chi connectivity index (χ1n) is 6.39. The Bertz CT molecular complexity index is 635. The van der Waals surface area contributed by atoms with Crippen molar-refractivity contribution in [2.75, 3.05) is 18.5 Å². The molecule has 2 heterocycles. The van der Waals surface area contributed by atoms with Gasteiger partial charge in [0, 0.05) is 13.5 Å². The fourth-order valence-corrected chi connectivity index (χ4v) is 3.58. The molecule has 3 amide bonds. The molecule has 1 fully saturated rings. The van der Waals surface area contributed by atoms with Crippen LogP contribution in [0.4, 0.5) is 9.93 Å². The summed E-state index contributed by atoms with van der Waals surface area (Å²) in [5.74, 6) is -0.179. The van der Waals surface area contributed by atoms with Gasteiger partial charge in [-0.2, -0.15) is 0 Å². The second-order valence-electron chi connectivity index (χ2n) is 6.03. The lowest BCUT2D eigenvalue weighted by atomic mass is 9.78. The van der Waals surface area contributed by atoms with Crippen molar-refractivity contribution in [1.82, 2.24) is 9.88 Å². The quantitative estimate of drug-likeness (QED) is 0.739. The SMILES string of the molecule is CN1C(=O)CN(c2nc3c(s2)C(=O)CC(C)(C)C3)C1=O. The molecule has 1 aliphatic carbocycles. The molecule has 6 nitrogen and oxygen atoms in total. The Morgan fingerprint density at radius 2 is 1.90 bits per heavy atom. The first-order chi connectivity index (χ1) is 9.28. The van der Waals surface area contributed by atoms with E-state index in [2.05, 4.69) is 4.98 Å². The molecule has 0 bridgehead atoms. The summed E-state index contributed by atoms with van der Waals surface area (Å²) in [6.07, 6.45) is 1.21. The van der Waals surface area contributed by atoms with Crippen LogP contribution in [0.2, 0.25) is 0 Å². The number of urea groups is 1. The lowest BCUT2D eigenvalue weighted by Crippen LogP contribution is -2.29. The molecule has 106 valence electrons. The molecular formula is C13H15N3O3S. The van der Waals surface area contributed by atoms with Gasteiger partial charge in [-0.1, -0.05) is 25.2 Å². The third-order valence-corrected chi connectivity index (χ3v) is 4.80. The number of rotatable bonds is 1. The number of carbonyl (C=O) groups excluding carboxylic acids is 3. The van der Waals surface area contributed by atoms with Gasteiger partial charge < -0.3 is 0 Å². The predicted molar refractivity (Wildman–Crippen MR) is 74.1 cm³/mol. The summed E-state index contributed by atoms with van der Waals surface area (Å²) < 4.78 is 0. The van der Waals surface area contributed by atoms with Crippen molar-refractivity contribution in [3.8, 4) is 0 Å². The van der Waals surface area contributed by atoms with Crippen molar-refractivity contribution in [2.24, 2.45) is 5.41 Å². The molecule has 0 saturated carbocycles. The average molecular weight is 293 g/mol. The number of anilines is 1.